The Hall–Kier alpha value is -2.21. The van der Waals surface area contributed by atoms with E-state index < -0.39 is 30.7 Å². The number of hydrogen-bond acceptors (Lipinski definition) is 6. The van der Waals surface area contributed by atoms with Crippen molar-refractivity contribution in [1.29, 1.82) is 0 Å². The Kier molecular flexibility index (Phi) is 5.62. The molecular formula is C16H16ClN3O6S2. The third kappa shape index (κ3) is 4.12. The van der Waals surface area contributed by atoms with Crippen LogP contribution in [0.2, 0.25) is 5.02 Å². The molecule has 1 aliphatic rings. The highest BCUT2D eigenvalue weighted by Gasteiger charge is 2.28. The van der Waals surface area contributed by atoms with Crippen molar-refractivity contribution in [2.75, 3.05) is 17.8 Å². The molecule has 0 saturated carbocycles. The molecule has 1 fully saturated rings. The lowest BCUT2D eigenvalue weighted by molar-refractivity contribution is -0.384. The molecule has 1 aliphatic heterocycles. The second-order valence-corrected chi connectivity index (χ2v) is 10.1. The summed E-state index contributed by atoms with van der Waals surface area (Å²) in [5.41, 5.74) is -0.521. The highest BCUT2D eigenvalue weighted by Crippen LogP contribution is 2.29. The SMILES string of the molecule is O=[N+]([O-])c1cc(S(=O)(=O)Nc2cccc(S(=O)(=O)N3CCCC3)c2)ccc1Cl. The van der Waals surface area contributed by atoms with Gasteiger partial charge in [-0.15, -0.1) is 0 Å². The fourth-order valence-corrected chi connectivity index (χ4v) is 5.63. The molecule has 0 bridgehead atoms. The number of sulfonamides is 2. The summed E-state index contributed by atoms with van der Waals surface area (Å²) in [5, 5.41) is 10.8. The predicted molar refractivity (Wildman–Crippen MR) is 103 cm³/mol. The number of halogens is 1. The molecule has 28 heavy (non-hydrogen) atoms. The Morgan fingerprint density at radius 2 is 1.68 bits per heavy atom. The van der Waals surface area contributed by atoms with E-state index in [-0.39, 0.29) is 20.5 Å². The molecule has 1 heterocycles. The second kappa shape index (κ2) is 7.66. The van der Waals surface area contributed by atoms with Crippen LogP contribution in [0.1, 0.15) is 12.8 Å². The van der Waals surface area contributed by atoms with Gasteiger partial charge in [0.05, 0.1) is 20.4 Å². The van der Waals surface area contributed by atoms with Gasteiger partial charge in [-0.05, 0) is 43.2 Å². The quantitative estimate of drug-likeness (QED) is 0.538. The molecule has 1 N–H and O–H groups in total. The lowest BCUT2D eigenvalue weighted by Gasteiger charge is -2.16. The standard InChI is InChI=1S/C16H16ClN3O6S2/c17-15-7-6-13(11-16(15)20(21)22)27(23,24)18-12-4-3-5-14(10-12)28(25,26)19-8-1-2-9-19/h3-7,10-11,18H,1-2,8-9H2. The summed E-state index contributed by atoms with van der Waals surface area (Å²) in [6, 6.07) is 8.50. The predicted octanol–water partition coefficient (Wildman–Crippen LogP) is 2.83. The van der Waals surface area contributed by atoms with E-state index in [1.54, 1.807) is 0 Å². The zero-order chi connectivity index (χ0) is 20.5. The van der Waals surface area contributed by atoms with Crippen molar-refractivity contribution in [3.8, 4) is 0 Å². The number of nitrogens with zero attached hydrogens (tertiary/aromatic N) is 2. The maximum Gasteiger partial charge on any atom is 0.289 e. The van der Waals surface area contributed by atoms with Crippen LogP contribution in [0.25, 0.3) is 0 Å². The van der Waals surface area contributed by atoms with Crippen molar-refractivity contribution >= 4 is 43.0 Å². The highest BCUT2D eigenvalue weighted by molar-refractivity contribution is 7.92. The monoisotopic (exact) mass is 445 g/mol. The average Bonchev–Trinajstić information content (AvgIpc) is 3.17. The molecule has 12 heteroatoms. The van der Waals surface area contributed by atoms with E-state index in [0.29, 0.717) is 13.1 Å². The number of nitro groups is 1. The minimum Gasteiger partial charge on any atom is -0.280 e. The zero-order valence-corrected chi connectivity index (χ0v) is 16.8. The van der Waals surface area contributed by atoms with E-state index in [0.717, 1.165) is 31.0 Å². The van der Waals surface area contributed by atoms with Crippen molar-refractivity contribution in [3.63, 3.8) is 0 Å². The molecule has 0 spiro atoms. The first kappa shape index (κ1) is 20.5. The normalized spacial score (nSPS) is 15.5. The summed E-state index contributed by atoms with van der Waals surface area (Å²) in [4.78, 5) is 9.79. The van der Waals surface area contributed by atoms with Crippen LogP contribution >= 0.6 is 11.6 Å². The molecule has 2 aromatic carbocycles. The molecule has 3 rings (SSSR count). The molecule has 0 atom stereocenters. The smallest absolute Gasteiger partial charge is 0.280 e. The van der Waals surface area contributed by atoms with Gasteiger partial charge in [0.2, 0.25) is 10.0 Å². The molecular weight excluding hydrogens is 430 g/mol. The van der Waals surface area contributed by atoms with Gasteiger partial charge >= 0.3 is 0 Å². The fourth-order valence-electron chi connectivity index (χ4n) is 2.81. The fraction of sp³-hybridized carbons (Fsp3) is 0.250. The Morgan fingerprint density at radius 3 is 2.32 bits per heavy atom. The topological polar surface area (TPSA) is 127 Å². The number of nitro benzene ring substituents is 1. The third-order valence-corrected chi connectivity index (χ3v) is 7.81. The van der Waals surface area contributed by atoms with E-state index >= 15 is 0 Å². The van der Waals surface area contributed by atoms with Crippen molar-refractivity contribution in [3.05, 3.63) is 57.6 Å². The first-order valence-corrected chi connectivity index (χ1v) is 11.5. The molecule has 9 nitrogen and oxygen atoms in total. The number of anilines is 1. The zero-order valence-electron chi connectivity index (χ0n) is 14.4. The summed E-state index contributed by atoms with van der Waals surface area (Å²) >= 11 is 5.71. The van der Waals surface area contributed by atoms with Crippen LogP contribution < -0.4 is 4.72 Å². The van der Waals surface area contributed by atoms with Crippen LogP contribution in [0.4, 0.5) is 11.4 Å². The van der Waals surface area contributed by atoms with Gasteiger partial charge in [0.25, 0.3) is 15.7 Å². The molecule has 150 valence electrons. The summed E-state index contributed by atoms with van der Waals surface area (Å²) < 4.78 is 54.0. The largest absolute Gasteiger partial charge is 0.289 e. The first-order chi connectivity index (χ1) is 13.1. The van der Waals surface area contributed by atoms with Crippen molar-refractivity contribution in [2.45, 2.75) is 22.6 Å². The van der Waals surface area contributed by atoms with E-state index in [1.165, 1.54) is 28.6 Å². The van der Waals surface area contributed by atoms with Crippen LogP contribution in [0.5, 0.6) is 0 Å². The Balaban J connectivity index is 1.91. The Morgan fingerprint density at radius 1 is 1.00 bits per heavy atom. The average molecular weight is 446 g/mol. The Labute approximate surface area is 167 Å². The number of nitrogens with one attached hydrogen (secondary N) is 1. The highest BCUT2D eigenvalue weighted by atomic mass is 35.5. The van der Waals surface area contributed by atoms with Crippen molar-refractivity contribution in [1.82, 2.24) is 4.31 Å². The summed E-state index contributed by atoms with van der Waals surface area (Å²) in [7, 11) is -7.90. The van der Waals surface area contributed by atoms with Crippen LogP contribution in [0.15, 0.2) is 52.3 Å². The van der Waals surface area contributed by atoms with E-state index in [2.05, 4.69) is 4.72 Å². The van der Waals surface area contributed by atoms with Crippen molar-refractivity contribution < 1.29 is 21.8 Å². The minimum absolute atomic E-state index is 0.0258. The Bertz CT molecular complexity index is 1130. The van der Waals surface area contributed by atoms with E-state index in [4.69, 9.17) is 11.6 Å². The van der Waals surface area contributed by atoms with Gasteiger partial charge in [-0.2, -0.15) is 4.31 Å². The van der Waals surface area contributed by atoms with Crippen LogP contribution in [0, 0.1) is 10.1 Å². The van der Waals surface area contributed by atoms with Gasteiger partial charge < -0.3 is 0 Å². The van der Waals surface area contributed by atoms with Crippen molar-refractivity contribution in [2.24, 2.45) is 0 Å². The van der Waals surface area contributed by atoms with Gasteiger partial charge in [-0.3, -0.25) is 14.8 Å². The lowest BCUT2D eigenvalue weighted by atomic mass is 10.3. The number of rotatable bonds is 6. The molecule has 1 saturated heterocycles. The number of hydrogen-bond donors (Lipinski definition) is 1. The molecule has 0 aliphatic carbocycles. The molecule has 0 amide bonds. The minimum atomic E-state index is -4.19. The maximum atomic E-state index is 12.6. The van der Waals surface area contributed by atoms with Crippen LogP contribution in [-0.4, -0.2) is 39.2 Å². The summed E-state index contributed by atoms with van der Waals surface area (Å²) in [5.74, 6) is 0. The number of benzene rings is 2. The molecule has 0 radical (unpaired) electrons. The van der Waals surface area contributed by atoms with Gasteiger partial charge in [-0.25, -0.2) is 16.8 Å². The van der Waals surface area contributed by atoms with Gasteiger partial charge in [0.1, 0.15) is 5.02 Å². The second-order valence-electron chi connectivity index (χ2n) is 6.11. The third-order valence-electron chi connectivity index (χ3n) is 4.21. The van der Waals surface area contributed by atoms with E-state index in [9.17, 15) is 26.9 Å². The van der Waals surface area contributed by atoms with Crippen LogP contribution in [0.3, 0.4) is 0 Å². The van der Waals surface area contributed by atoms with Gasteiger partial charge in [-0.1, -0.05) is 17.7 Å². The van der Waals surface area contributed by atoms with Gasteiger partial charge in [0, 0.05) is 19.2 Å². The van der Waals surface area contributed by atoms with Gasteiger partial charge in [0.15, 0.2) is 0 Å². The van der Waals surface area contributed by atoms with E-state index in [1.807, 2.05) is 0 Å². The maximum absolute atomic E-state index is 12.6. The molecule has 2 aromatic rings. The first-order valence-electron chi connectivity index (χ1n) is 8.18. The molecule has 0 unspecified atom stereocenters. The summed E-state index contributed by atoms with van der Waals surface area (Å²) in [6.45, 7) is 0.847. The molecule has 0 aromatic heterocycles. The summed E-state index contributed by atoms with van der Waals surface area (Å²) in [6.07, 6.45) is 1.56. The lowest BCUT2D eigenvalue weighted by Crippen LogP contribution is -2.27. The van der Waals surface area contributed by atoms with Crippen LogP contribution in [-0.2, 0) is 20.0 Å².